The number of hydrogen-bond donors (Lipinski definition) is 3. The summed E-state index contributed by atoms with van der Waals surface area (Å²) in [5.74, 6) is -0.815. The van der Waals surface area contributed by atoms with Crippen LogP contribution in [0.25, 0.3) is 0 Å². The van der Waals surface area contributed by atoms with Gasteiger partial charge in [-0.3, -0.25) is 15.5 Å². The smallest absolute Gasteiger partial charge is 0.339 e. The summed E-state index contributed by atoms with van der Waals surface area (Å²) in [7, 11) is 0. The van der Waals surface area contributed by atoms with Gasteiger partial charge in [0.1, 0.15) is 5.69 Å². The van der Waals surface area contributed by atoms with Crippen LogP contribution in [0, 0.1) is 35.8 Å². The number of pyridine rings is 1. The summed E-state index contributed by atoms with van der Waals surface area (Å²) < 4.78 is -0.198. The number of nitro groups is 3. The number of nitrogens with zero attached hydrogens (tertiary/aromatic N) is 6. The standard InChI is InChI=1S/C6H6N8O7/c7-2-3(12(16)17)5(8)11(15)6-4(2)9(13(18)19)1-10(6)14(20)21/h8,15H,1,7H2. The monoisotopic (exact) mass is 302 g/mol. The minimum atomic E-state index is -1.15. The fourth-order valence-electron chi connectivity index (χ4n) is 1.86. The highest BCUT2D eigenvalue weighted by molar-refractivity contribution is 5.87. The van der Waals surface area contributed by atoms with Crippen molar-refractivity contribution in [1.29, 1.82) is 5.41 Å². The molecule has 0 spiro atoms. The van der Waals surface area contributed by atoms with Gasteiger partial charge in [0, 0.05) is 0 Å². The normalized spacial score (nSPS) is 13.1. The molecule has 1 aliphatic rings. The molecule has 21 heavy (non-hydrogen) atoms. The highest BCUT2D eigenvalue weighted by atomic mass is 16.7. The van der Waals surface area contributed by atoms with Crippen LogP contribution >= 0.6 is 0 Å². The molecule has 0 amide bonds. The van der Waals surface area contributed by atoms with Gasteiger partial charge in [-0.1, -0.05) is 5.01 Å². The van der Waals surface area contributed by atoms with E-state index >= 15 is 0 Å². The third kappa shape index (κ3) is 1.71. The van der Waals surface area contributed by atoms with Crippen molar-refractivity contribution in [3.63, 3.8) is 0 Å². The van der Waals surface area contributed by atoms with Crippen LogP contribution in [0.15, 0.2) is 0 Å². The van der Waals surface area contributed by atoms with Crippen molar-refractivity contribution in [1.82, 2.24) is 4.73 Å². The van der Waals surface area contributed by atoms with E-state index in [1.54, 1.807) is 0 Å². The minimum absolute atomic E-state index is 0.135. The van der Waals surface area contributed by atoms with Gasteiger partial charge >= 0.3 is 5.69 Å². The molecule has 0 saturated heterocycles. The van der Waals surface area contributed by atoms with Gasteiger partial charge in [-0.2, -0.15) is 0 Å². The molecule has 0 bridgehead atoms. The highest BCUT2D eigenvalue weighted by Gasteiger charge is 2.47. The molecule has 112 valence electrons. The van der Waals surface area contributed by atoms with Crippen LogP contribution in [0.5, 0.6) is 0 Å². The fraction of sp³-hybridized carbons (Fsp3) is 0.167. The van der Waals surface area contributed by atoms with Gasteiger partial charge in [0.15, 0.2) is 15.8 Å². The molecule has 1 aliphatic heterocycles. The van der Waals surface area contributed by atoms with Crippen LogP contribution in [0.4, 0.5) is 22.9 Å². The van der Waals surface area contributed by atoms with Gasteiger partial charge in [-0.25, -0.2) is 20.2 Å². The Morgan fingerprint density at radius 3 is 2.10 bits per heavy atom. The van der Waals surface area contributed by atoms with Gasteiger partial charge in [0.2, 0.25) is 18.0 Å². The number of rotatable bonds is 3. The van der Waals surface area contributed by atoms with E-state index in [9.17, 15) is 35.6 Å². The SMILES string of the molecule is N=c1c([N+](=O)[O-])c(N)c2c(n1O)N([N+](=O)[O-])CN2[N+](=O)[O-]. The summed E-state index contributed by atoms with van der Waals surface area (Å²) in [6, 6.07) is 0. The number of anilines is 3. The van der Waals surface area contributed by atoms with Gasteiger partial charge in [-0.15, -0.1) is 4.73 Å². The molecular weight excluding hydrogens is 296 g/mol. The first-order valence-electron chi connectivity index (χ1n) is 4.98. The molecule has 15 heteroatoms. The molecule has 0 atom stereocenters. The predicted molar refractivity (Wildman–Crippen MR) is 62.4 cm³/mol. The Morgan fingerprint density at radius 1 is 1.14 bits per heavy atom. The van der Waals surface area contributed by atoms with Crippen LogP contribution in [0.1, 0.15) is 0 Å². The first-order valence-corrected chi connectivity index (χ1v) is 4.98. The Morgan fingerprint density at radius 2 is 1.67 bits per heavy atom. The van der Waals surface area contributed by atoms with E-state index < -0.39 is 50.0 Å². The van der Waals surface area contributed by atoms with E-state index in [1.807, 2.05) is 0 Å². The highest BCUT2D eigenvalue weighted by Crippen LogP contribution is 2.42. The van der Waals surface area contributed by atoms with Crippen molar-refractivity contribution in [2.24, 2.45) is 0 Å². The molecule has 15 nitrogen and oxygen atoms in total. The molecule has 0 fully saturated rings. The first kappa shape index (κ1) is 13.8. The van der Waals surface area contributed by atoms with E-state index in [-0.39, 0.29) is 14.7 Å². The van der Waals surface area contributed by atoms with Gasteiger partial charge in [0.25, 0.3) is 0 Å². The lowest BCUT2D eigenvalue weighted by Crippen LogP contribution is -2.38. The molecule has 0 radical (unpaired) electrons. The largest absolute Gasteiger partial charge is 0.424 e. The Hall–Kier alpha value is -3.65. The molecule has 0 saturated carbocycles. The van der Waals surface area contributed by atoms with Gasteiger partial charge in [-0.05, 0) is 5.01 Å². The van der Waals surface area contributed by atoms with Crippen LogP contribution in [-0.2, 0) is 0 Å². The Bertz CT molecular complexity index is 740. The van der Waals surface area contributed by atoms with E-state index in [1.165, 1.54) is 0 Å². The first-order chi connectivity index (χ1) is 9.68. The van der Waals surface area contributed by atoms with Crippen molar-refractivity contribution in [2.75, 3.05) is 22.4 Å². The molecule has 4 N–H and O–H groups in total. The fourth-order valence-corrected chi connectivity index (χ4v) is 1.86. The molecule has 0 unspecified atom stereocenters. The summed E-state index contributed by atoms with van der Waals surface area (Å²) in [4.78, 5) is 31.4. The van der Waals surface area contributed by atoms with Crippen molar-refractivity contribution in [2.45, 2.75) is 0 Å². The number of hydrogen-bond acceptors (Lipinski definition) is 9. The van der Waals surface area contributed by atoms with Crippen LogP contribution in [0.2, 0.25) is 0 Å². The number of nitrogen functional groups attached to an aromatic ring is 1. The van der Waals surface area contributed by atoms with Gasteiger partial charge in [0.05, 0.1) is 4.92 Å². The second-order valence-electron chi connectivity index (χ2n) is 3.77. The second-order valence-corrected chi connectivity index (χ2v) is 3.77. The van der Waals surface area contributed by atoms with E-state index in [0.717, 1.165) is 0 Å². The Kier molecular flexibility index (Phi) is 2.74. The molecule has 0 aliphatic carbocycles. The Labute approximate surface area is 112 Å². The Balaban J connectivity index is 2.91. The number of nitrogens with one attached hydrogen (secondary N) is 1. The number of hydrazine groups is 2. The molecule has 1 aromatic rings. The predicted octanol–water partition coefficient (Wildman–Crippen LogP) is -1.34. The lowest BCUT2D eigenvalue weighted by Gasteiger charge is -2.10. The van der Waals surface area contributed by atoms with Crippen molar-refractivity contribution >= 4 is 22.9 Å². The van der Waals surface area contributed by atoms with Crippen LogP contribution < -0.4 is 21.2 Å². The third-order valence-electron chi connectivity index (χ3n) is 2.71. The van der Waals surface area contributed by atoms with Gasteiger partial charge < -0.3 is 10.9 Å². The summed E-state index contributed by atoms with van der Waals surface area (Å²) >= 11 is 0. The van der Waals surface area contributed by atoms with Crippen molar-refractivity contribution < 1.29 is 20.2 Å². The third-order valence-corrected chi connectivity index (χ3v) is 2.71. The number of nitrogens with two attached hydrogens (primary N) is 1. The lowest BCUT2D eigenvalue weighted by molar-refractivity contribution is -0.520. The molecular formula is C6H6N8O7. The maximum Gasteiger partial charge on any atom is 0.339 e. The van der Waals surface area contributed by atoms with E-state index in [0.29, 0.717) is 0 Å². The topological polar surface area (TPSA) is 211 Å². The zero-order chi connectivity index (χ0) is 16.1. The average Bonchev–Trinajstić information content (AvgIpc) is 2.76. The molecule has 1 aromatic heterocycles. The number of aromatic nitrogens is 1. The molecule has 2 rings (SSSR count). The summed E-state index contributed by atoms with van der Waals surface area (Å²) in [5, 5.41) is 47.8. The zero-order valence-electron chi connectivity index (χ0n) is 9.86. The molecule has 0 aromatic carbocycles. The van der Waals surface area contributed by atoms with Crippen LogP contribution in [-0.4, -0.2) is 31.6 Å². The maximum atomic E-state index is 10.9. The maximum absolute atomic E-state index is 10.9. The summed E-state index contributed by atoms with van der Waals surface area (Å²) in [6.07, 6.45) is 0. The molecule has 2 heterocycles. The number of fused-ring (bicyclic) bond motifs is 1. The summed E-state index contributed by atoms with van der Waals surface area (Å²) in [6.45, 7) is -0.944. The lowest BCUT2D eigenvalue weighted by atomic mass is 10.3. The minimum Gasteiger partial charge on any atom is -0.424 e. The van der Waals surface area contributed by atoms with Crippen molar-refractivity contribution in [3.05, 3.63) is 35.8 Å². The second kappa shape index (κ2) is 4.18. The average molecular weight is 302 g/mol. The van der Waals surface area contributed by atoms with Crippen molar-refractivity contribution in [3.8, 4) is 0 Å². The van der Waals surface area contributed by atoms with Crippen LogP contribution in [0.3, 0.4) is 0 Å². The summed E-state index contributed by atoms with van der Waals surface area (Å²) in [5.41, 5.74) is 1.60. The quantitative estimate of drug-likeness (QED) is 0.339. The van der Waals surface area contributed by atoms with E-state index in [2.05, 4.69) is 0 Å². The zero-order valence-corrected chi connectivity index (χ0v) is 9.86. The van der Waals surface area contributed by atoms with E-state index in [4.69, 9.17) is 11.1 Å².